The summed E-state index contributed by atoms with van der Waals surface area (Å²) in [6.45, 7) is 4.53. The van der Waals surface area contributed by atoms with Crippen molar-refractivity contribution in [2.45, 2.75) is 162 Å². The summed E-state index contributed by atoms with van der Waals surface area (Å²) >= 11 is 0. The minimum absolute atomic E-state index is 0.466. The highest BCUT2D eigenvalue weighted by Crippen LogP contribution is 2.14. The van der Waals surface area contributed by atoms with Crippen molar-refractivity contribution in [1.82, 2.24) is 0 Å². The Labute approximate surface area is 184 Å². The van der Waals surface area contributed by atoms with Crippen LogP contribution in [0, 0.1) is 0 Å². The van der Waals surface area contributed by atoms with E-state index in [9.17, 15) is 4.79 Å². The molecule has 1 heteroatoms. The van der Waals surface area contributed by atoms with E-state index in [1.54, 1.807) is 0 Å². The van der Waals surface area contributed by atoms with Gasteiger partial charge in [-0.25, -0.2) is 0 Å². The number of unbranched alkanes of at least 4 members (excludes halogenated alkanes) is 18. The Hall–Kier alpha value is -0.590. The molecule has 0 spiro atoms. The molecule has 0 aromatic rings. The van der Waals surface area contributed by atoms with E-state index in [1.807, 2.05) is 0 Å². The van der Waals surface area contributed by atoms with Crippen LogP contribution in [0.4, 0.5) is 0 Å². The molecule has 0 aliphatic heterocycles. The van der Waals surface area contributed by atoms with Crippen LogP contribution in [0.3, 0.4) is 0 Å². The minimum atomic E-state index is 0.466. The lowest BCUT2D eigenvalue weighted by Gasteiger charge is -2.03. The van der Waals surface area contributed by atoms with E-state index in [1.165, 1.54) is 122 Å². The summed E-state index contributed by atoms with van der Waals surface area (Å²) in [6, 6.07) is 0. The molecule has 172 valence electrons. The quantitative estimate of drug-likeness (QED) is 0.115. The lowest BCUT2D eigenvalue weighted by atomic mass is 10.0. The molecule has 0 N–H and O–H groups in total. The first-order chi connectivity index (χ1) is 14.3. The normalized spacial score (nSPS) is 11.5. The zero-order valence-corrected chi connectivity index (χ0v) is 20.3. The van der Waals surface area contributed by atoms with Crippen LogP contribution in [0.1, 0.15) is 162 Å². The second-order valence-electron chi connectivity index (χ2n) is 9.10. The molecule has 0 aromatic heterocycles. The first-order valence-corrected chi connectivity index (χ1v) is 13.5. The summed E-state index contributed by atoms with van der Waals surface area (Å²) in [7, 11) is 0. The third-order valence-corrected chi connectivity index (χ3v) is 6.04. The maximum Gasteiger partial charge on any atom is 0.133 e. The number of rotatable bonds is 24. The topological polar surface area (TPSA) is 17.1 Å². The van der Waals surface area contributed by atoms with E-state index >= 15 is 0 Å². The number of allylic oxidation sites excluding steroid dienone is 2. The maximum atomic E-state index is 11.9. The third kappa shape index (κ3) is 25.4. The van der Waals surface area contributed by atoms with Crippen molar-refractivity contribution in [1.29, 1.82) is 0 Å². The molecule has 0 amide bonds. The van der Waals surface area contributed by atoms with Crippen molar-refractivity contribution in [3.63, 3.8) is 0 Å². The molecular formula is C28H54O. The molecule has 0 unspecified atom stereocenters. The summed E-state index contributed by atoms with van der Waals surface area (Å²) < 4.78 is 0. The summed E-state index contributed by atoms with van der Waals surface area (Å²) in [5.41, 5.74) is 0. The van der Waals surface area contributed by atoms with Crippen LogP contribution in [0.15, 0.2) is 12.2 Å². The van der Waals surface area contributed by atoms with Gasteiger partial charge in [0, 0.05) is 12.8 Å². The van der Waals surface area contributed by atoms with Gasteiger partial charge in [-0.05, 0) is 25.7 Å². The highest BCUT2D eigenvalue weighted by Gasteiger charge is 2.00. The smallest absolute Gasteiger partial charge is 0.133 e. The predicted molar refractivity (Wildman–Crippen MR) is 132 cm³/mol. The van der Waals surface area contributed by atoms with E-state index in [0.717, 1.165) is 25.7 Å². The average molecular weight is 407 g/mol. The van der Waals surface area contributed by atoms with Crippen LogP contribution in [-0.2, 0) is 4.79 Å². The van der Waals surface area contributed by atoms with Crippen molar-refractivity contribution in [2.24, 2.45) is 0 Å². The second kappa shape index (κ2) is 25.4. The number of ketones is 1. The minimum Gasteiger partial charge on any atom is -0.300 e. The molecule has 0 saturated heterocycles. The zero-order chi connectivity index (χ0) is 21.3. The van der Waals surface area contributed by atoms with Gasteiger partial charge in [0.15, 0.2) is 0 Å². The van der Waals surface area contributed by atoms with Crippen molar-refractivity contribution in [3.05, 3.63) is 12.2 Å². The van der Waals surface area contributed by atoms with Crippen LogP contribution in [0.25, 0.3) is 0 Å². The van der Waals surface area contributed by atoms with Gasteiger partial charge in [-0.2, -0.15) is 0 Å². The Morgan fingerprint density at radius 2 is 0.828 bits per heavy atom. The van der Waals surface area contributed by atoms with Crippen molar-refractivity contribution >= 4 is 5.78 Å². The number of hydrogen-bond donors (Lipinski definition) is 0. The predicted octanol–water partition coefficient (Wildman–Crippen LogP) is 10.1. The van der Waals surface area contributed by atoms with E-state index in [4.69, 9.17) is 0 Å². The van der Waals surface area contributed by atoms with Gasteiger partial charge < -0.3 is 0 Å². The molecule has 0 aliphatic rings. The fourth-order valence-corrected chi connectivity index (χ4v) is 3.99. The van der Waals surface area contributed by atoms with Gasteiger partial charge in [0.1, 0.15) is 5.78 Å². The lowest BCUT2D eigenvalue weighted by molar-refractivity contribution is -0.119. The van der Waals surface area contributed by atoms with Crippen LogP contribution in [-0.4, -0.2) is 5.78 Å². The van der Waals surface area contributed by atoms with Gasteiger partial charge in [0.05, 0.1) is 0 Å². The average Bonchev–Trinajstić information content (AvgIpc) is 2.72. The molecule has 0 heterocycles. The second-order valence-corrected chi connectivity index (χ2v) is 9.10. The first kappa shape index (κ1) is 28.4. The maximum absolute atomic E-state index is 11.9. The van der Waals surface area contributed by atoms with Gasteiger partial charge in [-0.1, -0.05) is 135 Å². The van der Waals surface area contributed by atoms with Crippen molar-refractivity contribution in [3.8, 4) is 0 Å². The van der Waals surface area contributed by atoms with E-state index in [0.29, 0.717) is 5.78 Å². The van der Waals surface area contributed by atoms with Gasteiger partial charge in [0.25, 0.3) is 0 Å². The fourth-order valence-electron chi connectivity index (χ4n) is 3.99. The SMILES string of the molecule is CCCCCC=CCCC(=O)CCCCCCCCCCCCCCCCCC. The largest absolute Gasteiger partial charge is 0.300 e. The van der Waals surface area contributed by atoms with E-state index in [2.05, 4.69) is 26.0 Å². The Kier molecular flexibility index (Phi) is 24.9. The third-order valence-electron chi connectivity index (χ3n) is 6.04. The summed E-state index contributed by atoms with van der Waals surface area (Å²) in [5, 5.41) is 0. The molecule has 1 nitrogen and oxygen atoms in total. The monoisotopic (exact) mass is 406 g/mol. The van der Waals surface area contributed by atoms with Crippen molar-refractivity contribution < 1.29 is 4.79 Å². The van der Waals surface area contributed by atoms with Crippen LogP contribution >= 0.6 is 0 Å². The molecular weight excluding hydrogens is 352 g/mol. The Morgan fingerprint density at radius 1 is 0.448 bits per heavy atom. The number of carbonyl (C=O) groups is 1. The summed E-state index contributed by atoms with van der Waals surface area (Å²) in [6.07, 6.45) is 34.3. The van der Waals surface area contributed by atoms with Gasteiger partial charge in [-0.15, -0.1) is 0 Å². The number of hydrogen-bond acceptors (Lipinski definition) is 1. The van der Waals surface area contributed by atoms with Gasteiger partial charge in [-0.3, -0.25) is 4.79 Å². The molecule has 0 saturated carbocycles. The highest BCUT2D eigenvalue weighted by atomic mass is 16.1. The Morgan fingerprint density at radius 3 is 1.31 bits per heavy atom. The van der Waals surface area contributed by atoms with E-state index < -0.39 is 0 Å². The standard InChI is InChI=1S/C28H54O/c1-3-5-7-9-11-12-13-14-15-16-17-18-19-21-23-25-27-28(29)26-24-22-20-10-8-6-4-2/h20,22H,3-19,21,23-27H2,1-2H3. The van der Waals surface area contributed by atoms with Gasteiger partial charge >= 0.3 is 0 Å². The number of carbonyl (C=O) groups excluding carboxylic acids is 1. The zero-order valence-electron chi connectivity index (χ0n) is 20.3. The molecule has 0 bridgehead atoms. The molecule has 0 rings (SSSR count). The Bertz CT molecular complexity index is 344. The summed E-state index contributed by atoms with van der Waals surface area (Å²) in [4.78, 5) is 11.9. The molecule has 0 aliphatic carbocycles. The molecule has 0 fully saturated rings. The first-order valence-electron chi connectivity index (χ1n) is 13.5. The highest BCUT2D eigenvalue weighted by molar-refractivity contribution is 5.78. The Balaban J connectivity index is 3.16. The lowest BCUT2D eigenvalue weighted by Crippen LogP contribution is -1.96. The van der Waals surface area contributed by atoms with Crippen molar-refractivity contribution in [2.75, 3.05) is 0 Å². The fraction of sp³-hybridized carbons (Fsp3) is 0.893. The van der Waals surface area contributed by atoms with Crippen LogP contribution in [0.5, 0.6) is 0 Å². The molecule has 0 atom stereocenters. The molecule has 29 heavy (non-hydrogen) atoms. The number of Topliss-reactive ketones (excluding diaryl/α,β-unsaturated/α-hetero) is 1. The summed E-state index contributed by atoms with van der Waals surface area (Å²) in [5.74, 6) is 0.466. The molecule has 0 aromatic carbocycles. The van der Waals surface area contributed by atoms with Crippen LogP contribution in [0.2, 0.25) is 0 Å². The van der Waals surface area contributed by atoms with Crippen LogP contribution < -0.4 is 0 Å². The van der Waals surface area contributed by atoms with E-state index in [-0.39, 0.29) is 0 Å². The van der Waals surface area contributed by atoms with Gasteiger partial charge in [0.2, 0.25) is 0 Å². The molecule has 0 radical (unpaired) electrons.